The Hall–Kier alpha value is -2.62. The van der Waals surface area contributed by atoms with E-state index in [9.17, 15) is 9.59 Å². The largest absolute Gasteiger partial charge is 0.356 e. The van der Waals surface area contributed by atoms with E-state index in [0.29, 0.717) is 18.7 Å². The fourth-order valence-electron chi connectivity index (χ4n) is 2.26. The molecular weight excluding hydrogens is 288 g/mol. The van der Waals surface area contributed by atoms with Crippen LogP contribution in [0.25, 0.3) is 11.1 Å². The Morgan fingerprint density at radius 1 is 0.783 bits per heavy atom. The fraction of sp³-hybridized carbons (Fsp3) is 0.263. The minimum absolute atomic E-state index is 0.0208. The van der Waals surface area contributed by atoms with Crippen LogP contribution in [0.2, 0.25) is 0 Å². The lowest BCUT2D eigenvalue weighted by atomic mass is 10.0. The van der Waals surface area contributed by atoms with Gasteiger partial charge >= 0.3 is 0 Å². The van der Waals surface area contributed by atoms with Gasteiger partial charge in [0, 0.05) is 25.6 Å². The van der Waals surface area contributed by atoms with Gasteiger partial charge in [-0.15, -0.1) is 0 Å². The second-order valence-corrected chi connectivity index (χ2v) is 5.39. The van der Waals surface area contributed by atoms with Gasteiger partial charge in [-0.1, -0.05) is 42.5 Å². The molecule has 0 aliphatic carbocycles. The van der Waals surface area contributed by atoms with E-state index in [1.807, 2.05) is 54.6 Å². The highest BCUT2D eigenvalue weighted by Gasteiger charge is 2.05. The van der Waals surface area contributed by atoms with Crippen LogP contribution in [0.1, 0.15) is 30.1 Å². The Morgan fingerprint density at radius 3 is 1.96 bits per heavy atom. The van der Waals surface area contributed by atoms with Crippen molar-refractivity contribution in [1.29, 1.82) is 0 Å². The number of hydrogen-bond acceptors (Lipinski definition) is 2. The average Bonchev–Trinajstić information content (AvgIpc) is 2.58. The Balaban J connectivity index is 1.78. The number of unbranched alkanes of at least 4 members (excludes halogenated alkanes) is 1. The molecule has 0 fully saturated rings. The molecule has 0 aliphatic heterocycles. The summed E-state index contributed by atoms with van der Waals surface area (Å²) in [6.45, 7) is 2.76. The highest BCUT2D eigenvalue weighted by atomic mass is 16.2. The third-order valence-corrected chi connectivity index (χ3v) is 3.52. The molecule has 0 aliphatic rings. The van der Waals surface area contributed by atoms with E-state index in [-0.39, 0.29) is 11.8 Å². The maximum Gasteiger partial charge on any atom is 0.251 e. The van der Waals surface area contributed by atoms with Crippen molar-refractivity contribution in [3.05, 3.63) is 60.2 Å². The maximum atomic E-state index is 12.1. The Labute approximate surface area is 136 Å². The molecule has 0 heterocycles. The van der Waals surface area contributed by atoms with Crippen LogP contribution in [0.4, 0.5) is 0 Å². The number of benzene rings is 2. The zero-order valence-electron chi connectivity index (χ0n) is 13.3. The number of amides is 2. The average molecular weight is 310 g/mol. The highest BCUT2D eigenvalue weighted by molar-refractivity contribution is 5.94. The fourth-order valence-corrected chi connectivity index (χ4v) is 2.26. The van der Waals surface area contributed by atoms with Crippen LogP contribution in [-0.2, 0) is 4.79 Å². The molecule has 0 aromatic heterocycles. The van der Waals surface area contributed by atoms with Crippen LogP contribution in [0.15, 0.2) is 54.6 Å². The predicted molar refractivity (Wildman–Crippen MR) is 92.1 cm³/mol. The van der Waals surface area contributed by atoms with Gasteiger partial charge in [0.05, 0.1) is 0 Å². The molecule has 23 heavy (non-hydrogen) atoms. The van der Waals surface area contributed by atoms with Gasteiger partial charge in [-0.2, -0.15) is 0 Å². The number of nitrogens with one attached hydrogen (secondary N) is 2. The summed E-state index contributed by atoms with van der Waals surface area (Å²) in [6.07, 6.45) is 1.70. The molecule has 2 amide bonds. The maximum absolute atomic E-state index is 12.1. The van der Waals surface area contributed by atoms with Crippen LogP contribution < -0.4 is 10.6 Å². The zero-order chi connectivity index (χ0) is 16.5. The van der Waals surface area contributed by atoms with Crippen LogP contribution in [0.5, 0.6) is 0 Å². The molecule has 0 atom stereocenters. The molecule has 2 aromatic rings. The van der Waals surface area contributed by atoms with Gasteiger partial charge in [-0.25, -0.2) is 0 Å². The lowest BCUT2D eigenvalue weighted by Gasteiger charge is -2.07. The molecule has 120 valence electrons. The Morgan fingerprint density at radius 2 is 1.35 bits per heavy atom. The van der Waals surface area contributed by atoms with Gasteiger partial charge in [-0.05, 0) is 36.1 Å². The smallest absolute Gasteiger partial charge is 0.251 e. The van der Waals surface area contributed by atoms with Gasteiger partial charge < -0.3 is 10.6 Å². The normalized spacial score (nSPS) is 10.1. The summed E-state index contributed by atoms with van der Waals surface area (Å²) < 4.78 is 0. The van der Waals surface area contributed by atoms with Gasteiger partial charge in [-0.3, -0.25) is 9.59 Å². The first-order valence-corrected chi connectivity index (χ1v) is 7.85. The van der Waals surface area contributed by atoms with E-state index in [0.717, 1.165) is 24.0 Å². The number of hydrogen-bond donors (Lipinski definition) is 2. The molecule has 0 unspecified atom stereocenters. The van der Waals surface area contributed by atoms with Gasteiger partial charge in [0.2, 0.25) is 5.91 Å². The van der Waals surface area contributed by atoms with E-state index in [2.05, 4.69) is 10.6 Å². The van der Waals surface area contributed by atoms with E-state index in [4.69, 9.17) is 0 Å². The topological polar surface area (TPSA) is 58.2 Å². The van der Waals surface area contributed by atoms with Crippen LogP contribution >= 0.6 is 0 Å². The zero-order valence-corrected chi connectivity index (χ0v) is 13.3. The van der Waals surface area contributed by atoms with Crippen molar-refractivity contribution in [2.24, 2.45) is 0 Å². The second kappa shape index (κ2) is 8.73. The van der Waals surface area contributed by atoms with Crippen LogP contribution in [-0.4, -0.2) is 24.9 Å². The summed E-state index contributed by atoms with van der Waals surface area (Å²) >= 11 is 0. The number of rotatable bonds is 7. The predicted octanol–water partition coefficient (Wildman–Crippen LogP) is 3.00. The summed E-state index contributed by atoms with van der Waals surface area (Å²) in [5, 5.41) is 5.63. The lowest BCUT2D eigenvalue weighted by molar-refractivity contribution is -0.118. The molecule has 0 bridgehead atoms. The number of carbonyl (C=O) groups excluding carboxylic acids is 2. The molecule has 4 heteroatoms. The van der Waals surface area contributed by atoms with E-state index >= 15 is 0 Å². The first-order chi connectivity index (χ1) is 11.2. The molecule has 2 N–H and O–H groups in total. The molecule has 4 nitrogen and oxygen atoms in total. The van der Waals surface area contributed by atoms with Gasteiger partial charge in [0.25, 0.3) is 5.91 Å². The molecule has 0 saturated heterocycles. The molecule has 2 rings (SSSR count). The molecule has 0 radical (unpaired) electrons. The third kappa shape index (κ3) is 5.58. The van der Waals surface area contributed by atoms with Gasteiger partial charge in [0.1, 0.15) is 0 Å². The Bertz CT molecular complexity index is 636. The standard InChI is InChI=1S/C19H22N2O2/c1-15(22)20-13-5-6-14-21-19(23)18-11-9-17(10-12-18)16-7-3-2-4-8-16/h2-4,7-12H,5-6,13-14H2,1H3,(H,20,22)(H,21,23). The molecule has 2 aromatic carbocycles. The van der Waals surface area contributed by atoms with Crippen LogP contribution in [0.3, 0.4) is 0 Å². The summed E-state index contributed by atoms with van der Waals surface area (Å²) in [4.78, 5) is 22.8. The summed E-state index contributed by atoms with van der Waals surface area (Å²) in [6, 6.07) is 17.7. The minimum atomic E-state index is -0.0656. The van der Waals surface area contributed by atoms with Crippen molar-refractivity contribution in [2.45, 2.75) is 19.8 Å². The van der Waals surface area contributed by atoms with Gasteiger partial charge in [0.15, 0.2) is 0 Å². The van der Waals surface area contributed by atoms with E-state index < -0.39 is 0 Å². The van der Waals surface area contributed by atoms with Crippen molar-refractivity contribution in [2.75, 3.05) is 13.1 Å². The molecule has 0 spiro atoms. The first-order valence-electron chi connectivity index (χ1n) is 7.85. The number of carbonyl (C=O) groups is 2. The summed E-state index contributed by atoms with van der Waals surface area (Å²) in [7, 11) is 0. The van der Waals surface area contributed by atoms with Crippen molar-refractivity contribution < 1.29 is 9.59 Å². The van der Waals surface area contributed by atoms with Crippen molar-refractivity contribution in [3.8, 4) is 11.1 Å². The molecular formula is C19H22N2O2. The van der Waals surface area contributed by atoms with Crippen molar-refractivity contribution >= 4 is 11.8 Å². The summed E-state index contributed by atoms with van der Waals surface area (Å²) in [5.41, 5.74) is 2.89. The third-order valence-electron chi connectivity index (χ3n) is 3.52. The monoisotopic (exact) mass is 310 g/mol. The lowest BCUT2D eigenvalue weighted by Crippen LogP contribution is -2.26. The van der Waals surface area contributed by atoms with Crippen LogP contribution in [0, 0.1) is 0 Å². The van der Waals surface area contributed by atoms with Crippen molar-refractivity contribution in [1.82, 2.24) is 10.6 Å². The quantitative estimate of drug-likeness (QED) is 0.772. The minimum Gasteiger partial charge on any atom is -0.356 e. The second-order valence-electron chi connectivity index (χ2n) is 5.39. The van der Waals surface area contributed by atoms with Crippen molar-refractivity contribution in [3.63, 3.8) is 0 Å². The molecule has 0 saturated carbocycles. The van der Waals surface area contributed by atoms with E-state index in [1.54, 1.807) is 0 Å². The summed E-state index contributed by atoms with van der Waals surface area (Å²) in [5.74, 6) is -0.0864. The van der Waals surface area contributed by atoms with E-state index in [1.165, 1.54) is 6.92 Å². The highest BCUT2D eigenvalue weighted by Crippen LogP contribution is 2.19. The SMILES string of the molecule is CC(=O)NCCCCNC(=O)c1ccc(-c2ccccc2)cc1. The first kappa shape index (κ1) is 16.7. The Kier molecular flexibility index (Phi) is 6.36.